The Kier molecular flexibility index (Phi) is 3.75. The van der Waals surface area contributed by atoms with Crippen molar-refractivity contribution in [3.63, 3.8) is 0 Å². The summed E-state index contributed by atoms with van der Waals surface area (Å²) in [6, 6.07) is 8.25. The molecule has 1 N–H and O–H groups in total. The maximum Gasteiger partial charge on any atom is 0.339 e. The van der Waals surface area contributed by atoms with Gasteiger partial charge in [-0.1, -0.05) is 0 Å². The highest BCUT2D eigenvalue weighted by molar-refractivity contribution is 5.91. The van der Waals surface area contributed by atoms with Gasteiger partial charge < -0.3 is 19.0 Å². The molecule has 0 aliphatic carbocycles. The Balaban J connectivity index is 2.17. The van der Waals surface area contributed by atoms with Crippen molar-refractivity contribution in [1.29, 1.82) is 0 Å². The van der Waals surface area contributed by atoms with E-state index in [0.717, 1.165) is 5.76 Å². The smallest absolute Gasteiger partial charge is 0.339 e. The van der Waals surface area contributed by atoms with Crippen LogP contribution in [0.4, 0.5) is 0 Å². The van der Waals surface area contributed by atoms with Gasteiger partial charge in [0.1, 0.15) is 35.2 Å². The van der Waals surface area contributed by atoms with E-state index in [1.54, 1.807) is 18.2 Å². The van der Waals surface area contributed by atoms with E-state index in [9.17, 15) is 4.79 Å². The third-order valence-corrected chi connectivity index (χ3v) is 2.58. The molecule has 0 amide bonds. The fourth-order valence-electron chi connectivity index (χ4n) is 1.64. The van der Waals surface area contributed by atoms with Gasteiger partial charge in [-0.25, -0.2) is 4.79 Å². The van der Waals surface area contributed by atoms with Crippen LogP contribution in [0.15, 0.2) is 34.7 Å². The zero-order valence-electron chi connectivity index (χ0n) is 10.7. The lowest BCUT2D eigenvalue weighted by Crippen LogP contribution is -2.03. The molecule has 0 aliphatic rings. The Hall–Kier alpha value is -2.43. The molecule has 5 heteroatoms. The van der Waals surface area contributed by atoms with Crippen molar-refractivity contribution >= 4 is 5.97 Å². The van der Waals surface area contributed by atoms with Gasteiger partial charge >= 0.3 is 5.97 Å². The summed E-state index contributed by atoms with van der Waals surface area (Å²) < 4.78 is 15.8. The molecule has 100 valence electrons. The Morgan fingerprint density at radius 1 is 1.32 bits per heavy atom. The van der Waals surface area contributed by atoms with E-state index in [0.29, 0.717) is 11.5 Å². The number of carbonyl (C=O) groups is 1. The van der Waals surface area contributed by atoms with E-state index in [1.807, 2.05) is 13.0 Å². The maximum absolute atomic E-state index is 11.1. The van der Waals surface area contributed by atoms with Crippen molar-refractivity contribution in [2.24, 2.45) is 0 Å². The number of benzene rings is 1. The molecular weight excluding hydrogens is 248 g/mol. The lowest BCUT2D eigenvalue weighted by molar-refractivity contribution is 0.0690. The van der Waals surface area contributed by atoms with Crippen LogP contribution in [0.5, 0.6) is 11.5 Å². The topological polar surface area (TPSA) is 68.9 Å². The van der Waals surface area contributed by atoms with Gasteiger partial charge in [0.15, 0.2) is 0 Å². The van der Waals surface area contributed by atoms with E-state index in [2.05, 4.69) is 0 Å². The molecule has 0 unspecified atom stereocenters. The molecular formula is C14H14O5. The van der Waals surface area contributed by atoms with Crippen LogP contribution < -0.4 is 9.47 Å². The van der Waals surface area contributed by atoms with Crippen LogP contribution in [0.3, 0.4) is 0 Å². The predicted octanol–water partition coefficient (Wildman–Crippen LogP) is 2.87. The van der Waals surface area contributed by atoms with Crippen LogP contribution in [-0.4, -0.2) is 18.2 Å². The Morgan fingerprint density at radius 2 is 2.11 bits per heavy atom. The number of ether oxygens (including phenoxy) is 2. The molecule has 1 aromatic carbocycles. The molecule has 5 nitrogen and oxygen atoms in total. The molecule has 1 heterocycles. The molecule has 0 saturated heterocycles. The van der Waals surface area contributed by atoms with Crippen molar-refractivity contribution in [2.75, 3.05) is 7.11 Å². The molecule has 0 aliphatic heterocycles. The largest absolute Gasteiger partial charge is 0.497 e. The normalized spacial score (nSPS) is 10.2. The number of hydrogen-bond donors (Lipinski definition) is 1. The highest BCUT2D eigenvalue weighted by atomic mass is 16.5. The molecule has 0 saturated carbocycles. The predicted molar refractivity (Wildman–Crippen MR) is 67.7 cm³/mol. The summed E-state index contributed by atoms with van der Waals surface area (Å²) in [7, 11) is 1.48. The number of aryl methyl sites for hydroxylation is 1. The van der Waals surface area contributed by atoms with Crippen LogP contribution in [0.25, 0.3) is 0 Å². The highest BCUT2D eigenvalue weighted by Gasteiger charge is 2.13. The zero-order valence-corrected chi connectivity index (χ0v) is 10.7. The average Bonchev–Trinajstić information content (AvgIpc) is 2.82. The van der Waals surface area contributed by atoms with E-state index in [1.165, 1.54) is 13.2 Å². The minimum atomic E-state index is -1.07. The lowest BCUT2D eigenvalue weighted by atomic mass is 10.2. The summed E-state index contributed by atoms with van der Waals surface area (Å²) >= 11 is 0. The first-order chi connectivity index (χ1) is 9.10. The van der Waals surface area contributed by atoms with Gasteiger partial charge in [0.05, 0.1) is 7.11 Å². The quantitative estimate of drug-likeness (QED) is 0.897. The summed E-state index contributed by atoms with van der Waals surface area (Å²) in [4.78, 5) is 11.1. The van der Waals surface area contributed by atoms with Crippen molar-refractivity contribution in [2.45, 2.75) is 13.5 Å². The first kappa shape index (κ1) is 13.0. The van der Waals surface area contributed by atoms with E-state index < -0.39 is 5.97 Å². The zero-order chi connectivity index (χ0) is 13.8. The molecule has 19 heavy (non-hydrogen) atoms. The summed E-state index contributed by atoms with van der Waals surface area (Å²) in [5.74, 6) is 1.11. The molecule has 0 radical (unpaired) electrons. The first-order valence-corrected chi connectivity index (χ1v) is 5.69. The number of furan rings is 1. The molecule has 0 atom stereocenters. The number of rotatable bonds is 5. The number of carboxylic acids is 1. The molecule has 2 rings (SSSR count). The van der Waals surface area contributed by atoms with Crippen molar-refractivity contribution in [3.8, 4) is 11.5 Å². The second-order valence-corrected chi connectivity index (χ2v) is 3.97. The summed E-state index contributed by atoms with van der Waals surface area (Å²) in [6.07, 6.45) is 0. The second-order valence-electron chi connectivity index (χ2n) is 3.97. The lowest BCUT2D eigenvalue weighted by Gasteiger charge is -2.09. The standard InChI is InChI=1S/C14H14O5/c1-9-3-4-11(19-9)8-18-13-6-5-10(17-2)7-12(13)14(15)16/h3-7H,8H2,1-2H3,(H,15,16). The van der Waals surface area contributed by atoms with Crippen LogP contribution >= 0.6 is 0 Å². The van der Waals surface area contributed by atoms with Gasteiger partial charge in [0.2, 0.25) is 0 Å². The van der Waals surface area contributed by atoms with Crippen molar-refractivity contribution in [3.05, 3.63) is 47.4 Å². The van der Waals surface area contributed by atoms with Gasteiger partial charge in [-0.3, -0.25) is 0 Å². The fraction of sp³-hybridized carbons (Fsp3) is 0.214. The minimum absolute atomic E-state index is 0.0580. The molecule has 0 spiro atoms. The van der Waals surface area contributed by atoms with E-state index >= 15 is 0 Å². The molecule has 2 aromatic rings. The Labute approximate surface area is 110 Å². The molecule has 0 fully saturated rings. The molecule has 1 aromatic heterocycles. The number of carboxylic acid groups (broad SMARTS) is 1. The van der Waals surface area contributed by atoms with Gasteiger partial charge in [0.25, 0.3) is 0 Å². The second kappa shape index (κ2) is 5.48. The van der Waals surface area contributed by atoms with Gasteiger partial charge in [-0.05, 0) is 37.3 Å². The van der Waals surface area contributed by atoms with Gasteiger partial charge in [-0.2, -0.15) is 0 Å². The number of hydrogen-bond acceptors (Lipinski definition) is 4. The highest BCUT2D eigenvalue weighted by Crippen LogP contribution is 2.25. The van der Waals surface area contributed by atoms with Crippen molar-refractivity contribution < 1.29 is 23.8 Å². The summed E-state index contributed by atoms with van der Waals surface area (Å²) in [5, 5.41) is 9.13. The average molecular weight is 262 g/mol. The third kappa shape index (κ3) is 3.07. The van der Waals surface area contributed by atoms with Gasteiger partial charge in [-0.15, -0.1) is 0 Å². The van der Waals surface area contributed by atoms with Crippen LogP contribution in [0.2, 0.25) is 0 Å². The third-order valence-electron chi connectivity index (χ3n) is 2.58. The van der Waals surface area contributed by atoms with E-state index in [-0.39, 0.29) is 17.9 Å². The maximum atomic E-state index is 11.1. The monoisotopic (exact) mass is 262 g/mol. The van der Waals surface area contributed by atoms with E-state index in [4.69, 9.17) is 19.0 Å². The Bertz CT molecular complexity index is 585. The van der Waals surface area contributed by atoms with Gasteiger partial charge in [0, 0.05) is 0 Å². The fourth-order valence-corrected chi connectivity index (χ4v) is 1.64. The molecule has 0 bridgehead atoms. The van der Waals surface area contributed by atoms with Crippen LogP contribution in [0, 0.1) is 6.92 Å². The SMILES string of the molecule is COc1ccc(OCc2ccc(C)o2)c(C(=O)O)c1. The van der Waals surface area contributed by atoms with Crippen molar-refractivity contribution in [1.82, 2.24) is 0 Å². The van der Waals surface area contributed by atoms with Crippen LogP contribution in [-0.2, 0) is 6.61 Å². The number of methoxy groups -OCH3 is 1. The Morgan fingerprint density at radius 3 is 2.68 bits per heavy atom. The van der Waals surface area contributed by atoms with Crippen LogP contribution in [0.1, 0.15) is 21.9 Å². The minimum Gasteiger partial charge on any atom is -0.497 e. The summed E-state index contributed by atoms with van der Waals surface area (Å²) in [6.45, 7) is 2.01. The number of aromatic carboxylic acids is 1. The summed E-state index contributed by atoms with van der Waals surface area (Å²) in [5.41, 5.74) is 0.0580. The first-order valence-electron chi connectivity index (χ1n) is 5.69.